The summed E-state index contributed by atoms with van der Waals surface area (Å²) in [5.74, 6) is 0.0608. The molecule has 0 saturated carbocycles. The summed E-state index contributed by atoms with van der Waals surface area (Å²) in [6.07, 6.45) is 1.61. The summed E-state index contributed by atoms with van der Waals surface area (Å²) in [5.41, 5.74) is 2.03. The largest absolute Gasteiger partial charge is 0.326 e. The smallest absolute Gasteiger partial charge is 0.225 e. The van der Waals surface area contributed by atoms with Crippen molar-refractivity contribution in [3.05, 3.63) is 29.8 Å². The highest BCUT2D eigenvalue weighted by atomic mass is 16.1. The summed E-state index contributed by atoms with van der Waals surface area (Å²) in [7, 11) is 4.13. The minimum Gasteiger partial charge on any atom is -0.326 e. The molecule has 0 spiro atoms. The Hall–Kier alpha value is -1.39. The lowest BCUT2D eigenvalue weighted by atomic mass is 10.2. The number of anilines is 1. The predicted octanol–water partition coefficient (Wildman–Crippen LogP) is 1.86. The van der Waals surface area contributed by atoms with Gasteiger partial charge in [0.15, 0.2) is 0 Å². The zero-order chi connectivity index (χ0) is 14.1. The van der Waals surface area contributed by atoms with Crippen LogP contribution in [-0.4, -0.2) is 44.5 Å². The van der Waals surface area contributed by atoms with Gasteiger partial charge in [0.25, 0.3) is 0 Å². The van der Waals surface area contributed by atoms with Gasteiger partial charge in [0, 0.05) is 18.7 Å². The first-order chi connectivity index (χ1) is 9.08. The number of nitrogens with one attached hydrogen (secondary N) is 2. The molecule has 4 nitrogen and oxygen atoms in total. The van der Waals surface area contributed by atoms with E-state index in [0.717, 1.165) is 37.3 Å². The van der Waals surface area contributed by atoms with E-state index in [-0.39, 0.29) is 5.91 Å². The van der Waals surface area contributed by atoms with E-state index in [2.05, 4.69) is 29.6 Å². The van der Waals surface area contributed by atoms with E-state index < -0.39 is 0 Å². The fourth-order valence-corrected chi connectivity index (χ4v) is 1.79. The molecule has 106 valence electrons. The van der Waals surface area contributed by atoms with Crippen LogP contribution < -0.4 is 10.6 Å². The number of hydrogen-bond donors (Lipinski definition) is 2. The number of carbonyl (C=O) groups is 1. The molecule has 19 heavy (non-hydrogen) atoms. The molecule has 0 atom stereocenters. The quantitative estimate of drug-likeness (QED) is 0.704. The monoisotopic (exact) mass is 263 g/mol. The van der Waals surface area contributed by atoms with Crippen LogP contribution in [0.3, 0.4) is 0 Å². The number of nitrogens with zero attached hydrogens (tertiary/aromatic N) is 1. The molecule has 0 aliphatic rings. The van der Waals surface area contributed by atoms with E-state index in [9.17, 15) is 4.79 Å². The van der Waals surface area contributed by atoms with Crippen LogP contribution in [0.15, 0.2) is 24.3 Å². The number of amides is 1. The van der Waals surface area contributed by atoms with Gasteiger partial charge in [-0.2, -0.15) is 0 Å². The Bertz CT molecular complexity index is 391. The molecule has 1 amide bonds. The van der Waals surface area contributed by atoms with E-state index in [0.29, 0.717) is 6.42 Å². The van der Waals surface area contributed by atoms with Crippen LogP contribution in [0.25, 0.3) is 0 Å². The average Bonchev–Trinajstić information content (AvgIpc) is 2.33. The van der Waals surface area contributed by atoms with Gasteiger partial charge >= 0.3 is 0 Å². The first-order valence-electron chi connectivity index (χ1n) is 6.80. The Kier molecular flexibility index (Phi) is 7.15. The van der Waals surface area contributed by atoms with Crippen molar-refractivity contribution in [2.24, 2.45) is 0 Å². The van der Waals surface area contributed by atoms with Gasteiger partial charge in [0.05, 0.1) is 0 Å². The van der Waals surface area contributed by atoms with Crippen molar-refractivity contribution in [2.75, 3.05) is 39.0 Å². The fourth-order valence-electron chi connectivity index (χ4n) is 1.79. The van der Waals surface area contributed by atoms with Crippen LogP contribution in [0.2, 0.25) is 0 Å². The first kappa shape index (κ1) is 15.7. The highest BCUT2D eigenvalue weighted by Gasteiger charge is 2.01. The van der Waals surface area contributed by atoms with Crippen molar-refractivity contribution in [3.63, 3.8) is 0 Å². The molecule has 4 heteroatoms. The molecule has 2 N–H and O–H groups in total. The lowest BCUT2D eigenvalue weighted by molar-refractivity contribution is -0.116. The molecule has 0 bridgehead atoms. The van der Waals surface area contributed by atoms with Crippen molar-refractivity contribution in [3.8, 4) is 0 Å². The van der Waals surface area contributed by atoms with Crippen LogP contribution in [0.4, 0.5) is 5.69 Å². The number of aryl methyl sites for hydroxylation is 1. The maximum Gasteiger partial charge on any atom is 0.225 e. The van der Waals surface area contributed by atoms with Gasteiger partial charge in [-0.05, 0) is 58.2 Å². The zero-order valence-electron chi connectivity index (χ0n) is 12.2. The highest BCUT2D eigenvalue weighted by molar-refractivity contribution is 5.90. The SMILES string of the molecule is Cc1cccc(NC(=O)CCNCCCN(C)C)c1. The Morgan fingerprint density at radius 1 is 1.26 bits per heavy atom. The van der Waals surface area contributed by atoms with Crippen molar-refractivity contribution in [1.82, 2.24) is 10.2 Å². The predicted molar refractivity (Wildman–Crippen MR) is 80.5 cm³/mol. The minimum atomic E-state index is 0.0608. The third kappa shape index (κ3) is 7.59. The summed E-state index contributed by atoms with van der Waals surface area (Å²) in [5, 5.41) is 6.19. The third-order valence-electron chi connectivity index (χ3n) is 2.79. The van der Waals surface area contributed by atoms with Crippen LogP contribution >= 0.6 is 0 Å². The molecular weight excluding hydrogens is 238 g/mol. The topological polar surface area (TPSA) is 44.4 Å². The Morgan fingerprint density at radius 3 is 2.74 bits per heavy atom. The Morgan fingerprint density at radius 2 is 2.05 bits per heavy atom. The Balaban J connectivity index is 2.11. The first-order valence-corrected chi connectivity index (χ1v) is 6.80. The summed E-state index contributed by atoms with van der Waals surface area (Å²) < 4.78 is 0. The molecule has 0 unspecified atom stereocenters. The summed E-state index contributed by atoms with van der Waals surface area (Å²) in [6.45, 7) is 4.77. The lowest BCUT2D eigenvalue weighted by Crippen LogP contribution is -2.25. The van der Waals surface area contributed by atoms with E-state index in [1.165, 1.54) is 0 Å². The van der Waals surface area contributed by atoms with Gasteiger partial charge in [-0.15, -0.1) is 0 Å². The second kappa shape index (κ2) is 8.67. The van der Waals surface area contributed by atoms with Crippen LogP contribution in [0, 0.1) is 6.92 Å². The number of carbonyl (C=O) groups excluding carboxylic acids is 1. The maximum absolute atomic E-state index is 11.7. The summed E-state index contributed by atoms with van der Waals surface area (Å²) in [4.78, 5) is 13.9. The molecule has 0 saturated heterocycles. The van der Waals surface area contributed by atoms with E-state index >= 15 is 0 Å². The number of rotatable bonds is 8. The molecule has 0 aliphatic carbocycles. The van der Waals surface area contributed by atoms with Crippen LogP contribution in [-0.2, 0) is 4.79 Å². The molecule has 1 rings (SSSR count). The van der Waals surface area contributed by atoms with Crippen LogP contribution in [0.1, 0.15) is 18.4 Å². The van der Waals surface area contributed by atoms with Gasteiger partial charge in [0.1, 0.15) is 0 Å². The molecular formula is C15H25N3O. The Labute approximate surface area is 116 Å². The van der Waals surface area contributed by atoms with E-state index in [4.69, 9.17) is 0 Å². The second-order valence-corrected chi connectivity index (χ2v) is 5.07. The van der Waals surface area contributed by atoms with Crippen molar-refractivity contribution >= 4 is 11.6 Å². The van der Waals surface area contributed by atoms with E-state index in [1.807, 2.05) is 31.2 Å². The van der Waals surface area contributed by atoms with Crippen molar-refractivity contribution in [1.29, 1.82) is 0 Å². The van der Waals surface area contributed by atoms with Gasteiger partial charge in [-0.1, -0.05) is 12.1 Å². The average molecular weight is 263 g/mol. The minimum absolute atomic E-state index is 0.0608. The zero-order valence-corrected chi connectivity index (χ0v) is 12.2. The number of benzene rings is 1. The molecule has 0 heterocycles. The number of hydrogen-bond acceptors (Lipinski definition) is 3. The van der Waals surface area contributed by atoms with E-state index in [1.54, 1.807) is 0 Å². The lowest BCUT2D eigenvalue weighted by Gasteiger charge is -2.10. The van der Waals surface area contributed by atoms with Gasteiger partial charge < -0.3 is 15.5 Å². The normalized spacial score (nSPS) is 10.7. The summed E-state index contributed by atoms with van der Waals surface area (Å²) in [6, 6.07) is 7.85. The second-order valence-electron chi connectivity index (χ2n) is 5.07. The molecule has 1 aromatic carbocycles. The molecule has 1 aromatic rings. The van der Waals surface area contributed by atoms with Crippen molar-refractivity contribution in [2.45, 2.75) is 19.8 Å². The molecule has 0 fully saturated rings. The fraction of sp³-hybridized carbons (Fsp3) is 0.533. The van der Waals surface area contributed by atoms with Crippen LogP contribution in [0.5, 0.6) is 0 Å². The maximum atomic E-state index is 11.7. The van der Waals surface area contributed by atoms with Gasteiger partial charge in [0.2, 0.25) is 5.91 Å². The van der Waals surface area contributed by atoms with Gasteiger partial charge in [-0.3, -0.25) is 4.79 Å². The highest BCUT2D eigenvalue weighted by Crippen LogP contribution is 2.09. The standard InChI is InChI=1S/C15H25N3O/c1-13-6-4-7-14(12-13)17-15(19)8-10-16-9-5-11-18(2)3/h4,6-7,12,16H,5,8-11H2,1-3H3,(H,17,19). The van der Waals surface area contributed by atoms with Gasteiger partial charge in [-0.25, -0.2) is 0 Å². The molecule has 0 radical (unpaired) electrons. The van der Waals surface area contributed by atoms with Crippen molar-refractivity contribution < 1.29 is 4.79 Å². The molecule has 0 aromatic heterocycles. The summed E-state index contributed by atoms with van der Waals surface area (Å²) >= 11 is 0. The third-order valence-corrected chi connectivity index (χ3v) is 2.79. The molecule has 0 aliphatic heterocycles.